The second-order valence-electron chi connectivity index (χ2n) is 3.54. The van der Waals surface area contributed by atoms with Gasteiger partial charge in [-0.3, -0.25) is 4.79 Å². The minimum atomic E-state index is 0.571. The van der Waals surface area contributed by atoms with Gasteiger partial charge in [0.25, 0.3) is 0 Å². The Bertz CT molecular complexity index is 615. The quantitative estimate of drug-likeness (QED) is 0.807. The van der Waals surface area contributed by atoms with Crippen LogP contribution < -0.4 is 4.74 Å². The summed E-state index contributed by atoms with van der Waals surface area (Å²) in [6, 6.07) is 14.0. The molecule has 0 spiro atoms. The number of halogens is 1. The molecule has 0 aromatic heterocycles. The number of nitrogens with zero attached hydrogens (tertiary/aromatic N) is 1. The van der Waals surface area contributed by atoms with E-state index in [9.17, 15) is 4.79 Å². The van der Waals surface area contributed by atoms with Crippen LogP contribution in [0.1, 0.15) is 15.9 Å². The third-order valence-electron chi connectivity index (χ3n) is 2.32. The van der Waals surface area contributed by atoms with Gasteiger partial charge in [0.15, 0.2) is 6.29 Å². The highest BCUT2D eigenvalue weighted by molar-refractivity contribution is 9.10. The van der Waals surface area contributed by atoms with Gasteiger partial charge in [0.1, 0.15) is 11.5 Å². The number of carbonyl (C=O) groups is 1. The molecule has 0 aliphatic heterocycles. The van der Waals surface area contributed by atoms with Crippen LogP contribution in [0.4, 0.5) is 0 Å². The first kappa shape index (κ1) is 12.3. The van der Waals surface area contributed by atoms with Crippen LogP contribution in [0, 0.1) is 11.3 Å². The highest BCUT2D eigenvalue weighted by atomic mass is 79.9. The van der Waals surface area contributed by atoms with Gasteiger partial charge < -0.3 is 4.74 Å². The Hall–Kier alpha value is -2.12. The van der Waals surface area contributed by atoms with Gasteiger partial charge >= 0.3 is 0 Å². The summed E-state index contributed by atoms with van der Waals surface area (Å²) in [5, 5.41) is 8.68. The summed E-state index contributed by atoms with van der Waals surface area (Å²) in [4.78, 5) is 10.7. The predicted molar refractivity (Wildman–Crippen MR) is 70.8 cm³/mol. The van der Waals surface area contributed by atoms with E-state index in [1.165, 1.54) is 0 Å². The van der Waals surface area contributed by atoms with E-state index in [1.54, 1.807) is 42.5 Å². The second-order valence-corrected chi connectivity index (χ2v) is 4.39. The summed E-state index contributed by atoms with van der Waals surface area (Å²) < 4.78 is 6.29. The Morgan fingerprint density at radius 2 is 1.78 bits per heavy atom. The maximum absolute atomic E-state index is 10.7. The molecule has 0 radical (unpaired) electrons. The molecule has 0 unspecified atom stereocenters. The van der Waals surface area contributed by atoms with E-state index in [0.717, 1.165) is 6.29 Å². The topological polar surface area (TPSA) is 50.1 Å². The van der Waals surface area contributed by atoms with Crippen molar-refractivity contribution in [2.45, 2.75) is 0 Å². The number of hydrogen-bond acceptors (Lipinski definition) is 3. The molecule has 0 atom stereocenters. The fraction of sp³-hybridized carbons (Fsp3) is 0. The molecule has 2 aromatic rings. The highest BCUT2D eigenvalue weighted by Gasteiger charge is 2.02. The monoisotopic (exact) mass is 301 g/mol. The van der Waals surface area contributed by atoms with Crippen molar-refractivity contribution in [2.24, 2.45) is 0 Å². The Morgan fingerprint density at radius 1 is 1.11 bits per heavy atom. The average molecular weight is 302 g/mol. The lowest BCUT2D eigenvalue weighted by atomic mass is 10.2. The maximum Gasteiger partial charge on any atom is 0.151 e. The summed E-state index contributed by atoms with van der Waals surface area (Å²) >= 11 is 3.29. The summed E-state index contributed by atoms with van der Waals surface area (Å²) in [6.45, 7) is 0. The van der Waals surface area contributed by atoms with Gasteiger partial charge in [0, 0.05) is 10.0 Å². The number of hydrogen-bond donors (Lipinski definition) is 0. The van der Waals surface area contributed by atoms with Crippen LogP contribution in [0.2, 0.25) is 0 Å². The van der Waals surface area contributed by atoms with E-state index < -0.39 is 0 Å². The number of carbonyl (C=O) groups excluding carboxylic acids is 1. The van der Waals surface area contributed by atoms with Crippen molar-refractivity contribution in [2.75, 3.05) is 0 Å². The fourth-order valence-corrected chi connectivity index (χ4v) is 1.85. The molecule has 0 heterocycles. The van der Waals surface area contributed by atoms with E-state index in [0.29, 0.717) is 27.1 Å². The zero-order valence-corrected chi connectivity index (χ0v) is 10.8. The predicted octanol–water partition coefficient (Wildman–Crippen LogP) is 3.93. The van der Waals surface area contributed by atoms with E-state index >= 15 is 0 Å². The summed E-state index contributed by atoms with van der Waals surface area (Å²) in [6.07, 6.45) is 0.773. The molecule has 2 rings (SSSR count). The van der Waals surface area contributed by atoms with E-state index in [2.05, 4.69) is 15.9 Å². The van der Waals surface area contributed by atoms with Crippen LogP contribution in [0.15, 0.2) is 46.9 Å². The van der Waals surface area contributed by atoms with E-state index in [1.807, 2.05) is 6.07 Å². The van der Waals surface area contributed by atoms with Crippen LogP contribution in [0.3, 0.4) is 0 Å². The molecule has 0 amide bonds. The lowest BCUT2D eigenvalue weighted by Gasteiger charge is -2.06. The summed E-state index contributed by atoms with van der Waals surface area (Å²) in [5.74, 6) is 1.26. The summed E-state index contributed by atoms with van der Waals surface area (Å²) in [7, 11) is 0. The first-order chi connectivity index (χ1) is 8.72. The molecule has 3 nitrogen and oxygen atoms in total. The Kier molecular flexibility index (Phi) is 3.75. The Balaban J connectivity index is 2.20. The van der Waals surface area contributed by atoms with Crippen molar-refractivity contribution in [3.8, 4) is 17.6 Å². The number of aldehydes is 1. The van der Waals surface area contributed by atoms with Gasteiger partial charge in [-0.15, -0.1) is 0 Å². The molecule has 0 saturated carbocycles. The molecule has 0 aliphatic carbocycles. The van der Waals surface area contributed by atoms with Crippen LogP contribution in [-0.4, -0.2) is 6.29 Å². The van der Waals surface area contributed by atoms with E-state index in [4.69, 9.17) is 10.00 Å². The van der Waals surface area contributed by atoms with Gasteiger partial charge in [-0.25, -0.2) is 0 Å². The van der Waals surface area contributed by atoms with Crippen LogP contribution in [-0.2, 0) is 0 Å². The van der Waals surface area contributed by atoms with E-state index in [-0.39, 0.29) is 0 Å². The van der Waals surface area contributed by atoms with Gasteiger partial charge in [-0.2, -0.15) is 5.26 Å². The number of ether oxygens (including phenoxy) is 1. The smallest absolute Gasteiger partial charge is 0.151 e. The molecule has 0 bridgehead atoms. The molecule has 0 aliphatic rings. The van der Waals surface area contributed by atoms with Crippen molar-refractivity contribution < 1.29 is 9.53 Å². The van der Waals surface area contributed by atoms with Crippen molar-refractivity contribution in [3.63, 3.8) is 0 Å². The largest absolute Gasteiger partial charge is 0.457 e. The van der Waals surface area contributed by atoms with Crippen molar-refractivity contribution >= 4 is 22.2 Å². The van der Waals surface area contributed by atoms with Crippen LogP contribution in [0.25, 0.3) is 0 Å². The van der Waals surface area contributed by atoms with Crippen LogP contribution >= 0.6 is 15.9 Å². The van der Waals surface area contributed by atoms with Crippen LogP contribution in [0.5, 0.6) is 11.5 Å². The van der Waals surface area contributed by atoms with Crippen molar-refractivity contribution in [1.82, 2.24) is 0 Å². The normalized spacial score (nSPS) is 9.56. The molecule has 0 N–H and O–H groups in total. The lowest BCUT2D eigenvalue weighted by molar-refractivity contribution is 0.112. The van der Waals surface area contributed by atoms with Gasteiger partial charge in [-0.05, 0) is 58.4 Å². The molecular formula is C14H8BrNO2. The Labute approximate surface area is 113 Å². The number of benzene rings is 2. The minimum absolute atomic E-state index is 0.571. The standard InChI is InChI=1S/C14H8BrNO2/c15-14-7-13(6-3-11(14)9-17)18-12-4-1-10(8-16)2-5-12/h1-7,9H. The first-order valence-electron chi connectivity index (χ1n) is 5.15. The van der Waals surface area contributed by atoms with Gasteiger partial charge in [0.05, 0.1) is 11.6 Å². The molecule has 88 valence electrons. The third kappa shape index (κ3) is 2.76. The Morgan fingerprint density at radius 3 is 2.33 bits per heavy atom. The average Bonchev–Trinajstić information content (AvgIpc) is 2.40. The highest BCUT2D eigenvalue weighted by Crippen LogP contribution is 2.26. The molecular weight excluding hydrogens is 294 g/mol. The molecule has 2 aromatic carbocycles. The molecule has 4 heteroatoms. The van der Waals surface area contributed by atoms with Crippen molar-refractivity contribution in [3.05, 3.63) is 58.1 Å². The number of nitriles is 1. The lowest BCUT2D eigenvalue weighted by Crippen LogP contribution is -1.87. The van der Waals surface area contributed by atoms with Crippen molar-refractivity contribution in [1.29, 1.82) is 5.26 Å². The van der Waals surface area contributed by atoms with Gasteiger partial charge in [-0.1, -0.05) is 0 Å². The SMILES string of the molecule is N#Cc1ccc(Oc2ccc(C=O)c(Br)c2)cc1. The number of rotatable bonds is 3. The zero-order valence-electron chi connectivity index (χ0n) is 9.26. The molecule has 0 saturated heterocycles. The molecule has 0 fully saturated rings. The zero-order chi connectivity index (χ0) is 13.0. The maximum atomic E-state index is 10.7. The van der Waals surface area contributed by atoms with Gasteiger partial charge in [0.2, 0.25) is 0 Å². The summed E-state index contributed by atoms with van der Waals surface area (Å²) in [5.41, 5.74) is 1.15. The third-order valence-corrected chi connectivity index (χ3v) is 3.00. The molecule has 18 heavy (non-hydrogen) atoms. The second kappa shape index (κ2) is 5.48. The fourth-order valence-electron chi connectivity index (χ4n) is 1.40. The minimum Gasteiger partial charge on any atom is -0.457 e. The first-order valence-corrected chi connectivity index (χ1v) is 5.95.